The molecule has 2 N–H and O–H groups in total. The molecule has 32 heavy (non-hydrogen) atoms. The molecule has 7 heteroatoms. The molecule has 170 valence electrons. The molecular weight excluding hydrogens is 424 g/mol. The third-order valence-electron chi connectivity index (χ3n) is 6.43. The largest absolute Gasteiger partial charge is 0.375 e. The Kier molecular flexibility index (Phi) is 6.03. The predicted octanol–water partition coefficient (Wildman–Crippen LogP) is 4.35. The Morgan fingerprint density at radius 2 is 2.03 bits per heavy atom. The Labute approximate surface area is 194 Å². The second-order valence-corrected chi connectivity index (χ2v) is 10.1. The summed E-state index contributed by atoms with van der Waals surface area (Å²) in [7, 11) is 0. The van der Waals surface area contributed by atoms with E-state index in [9.17, 15) is 4.79 Å². The van der Waals surface area contributed by atoms with Gasteiger partial charge in [0.15, 0.2) is 5.96 Å². The normalized spacial score (nSPS) is 25.5. The van der Waals surface area contributed by atoms with Gasteiger partial charge in [0.05, 0.1) is 17.6 Å². The Morgan fingerprint density at radius 1 is 1.25 bits per heavy atom. The summed E-state index contributed by atoms with van der Waals surface area (Å²) >= 11 is 6.86. The number of hydrogen-bond acceptors (Lipinski definition) is 5. The van der Waals surface area contributed by atoms with Crippen molar-refractivity contribution in [2.75, 3.05) is 6.61 Å². The monoisotopic (exact) mass is 454 g/mol. The van der Waals surface area contributed by atoms with Crippen molar-refractivity contribution in [1.82, 2.24) is 9.88 Å². The van der Waals surface area contributed by atoms with E-state index in [1.54, 1.807) is 4.90 Å². The maximum atomic E-state index is 13.3. The van der Waals surface area contributed by atoms with Crippen LogP contribution in [-0.2, 0) is 21.5 Å². The first-order chi connectivity index (χ1) is 15.1. The number of guanidine groups is 1. The second kappa shape index (κ2) is 8.49. The number of aromatic nitrogens is 1. The zero-order valence-corrected chi connectivity index (χ0v) is 19.9. The molecule has 1 aromatic carbocycles. The van der Waals surface area contributed by atoms with Gasteiger partial charge < -0.3 is 10.5 Å². The van der Waals surface area contributed by atoms with Crippen LogP contribution in [0.4, 0.5) is 0 Å². The molecule has 3 heterocycles. The molecule has 1 fully saturated rings. The molecule has 6 nitrogen and oxygen atoms in total. The van der Waals surface area contributed by atoms with Gasteiger partial charge in [-0.2, -0.15) is 0 Å². The molecule has 2 aliphatic rings. The summed E-state index contributed by atoms with van der Waals surface area (Å²) < 4.78 is 5.81. The SMILES string of the molecule is Cc1ccc(Cc2cccc([C@]3(C)CC(=O)N([C@H]4CCOC(C)(C)C4)C(N)=N3)c2Cl)cn1. The molecule has 0 bridgehead atoms. The lowest BCUT2D eigenvalue weighted by Crippen LogP contribution is -2.57. The first-order valence-electron chi connectivity index (χ1n) is 11.1. The number of carbonyl (C=O) groups is 1. The average Bonchev–Trinajstić information content (AvgIpc) is 2.69. The van der Waals surface area contributed by atoms with Crippen LogP contribution < -0.4 is 5.73 Å². The van der Waals surface area contributed by atoms with Gasteiger partial charge in [0.25, 0.3) is 0 Å². The summed E-state index contributed by atoms with van der Waals surface area (Å²) in [4.78, 5) is 24.2. The molecule has 1 amide bonds. The molecule has 2 aromatic rings. The van der Waals surface area contributed by atoms with Gasteiger partial charge in [0.2, 0.25) is 5.91 Å². The molecule has 0 aliphatic carbocycles. The van der Waals surface area contributed by atoms with Crippen molar-refractivity contribution in [3.8, 4) is 0 Å². The molecule has 1 aromatic heterocycles. The highest BCUT2D eigenvalue weighted by Gasteiger charge is 2.43. The zero-order valence-electron chi connectivity index (χ0n) is 19.2. The van der Waals surface area contributed by atoms with E-state index < -0.39 is 5.54 Å². The van der Waals surface area contributed by atoms with Crippen LogP contribution in [0.5, 0.6) is 0 Å². The molecule has 1 saturated heterocycles. The number of nitrogens with zero attached hydrogens (tertiary/aromatic N) is 3. The van der Waals surface area contributed by atoms with Gasteiger partial charge in [-0.05, 0) is 63.3 Å². The highest BCUT2D eigenvalue weighted by Crippen LogP contribution is 2.40. The Balaban J connectivity index is 1.63. The number of benzene rings is 1. The molecular formula is C25H31ClN4O2. The summed E-state index contributed by atoms with van der Waals surface area (Å²) in [6.45, 7) is 8.58. The smallest absolute Gasteiger partial charge is 0.232 e. The van der Waals surface area contributed by atoms with Crippen molar-refractivity contribution < 1.29 is 9.53 Å². The fraction of sp³-hybridized carbons (Fsp3) is 0.480. The summed E-state index contributed by atoms with van der Waals surface area (Å²) in [6, 6.07) is 9.95. The van der Waals surface area contributed by atoms with Crippen molar-refractivity contribution >= 4 is 23.5 Å². The fourth-order valence-corrected chi connectivity index (χ4v) is 5.17. The van der Waals surface area contributed by atoms with Gasteiger partial charge in [-0.25, -0.2) is 4.99 Å². The second-order valence-electron chi connectivity index (χ2n) is 9.70. The summed E-state index contributed by atoms with van der Waals surface area (Å²) in [5, 5.41) is 0.626. The number of halogens is 1. The predicted molar refractivity (Wildman–Crippen MR) is 127 cm³/mol. The molecule has 0 saturated carbocycles. The van der Waals surface area contributed by atoms with E-state index in [0.29, 0.717) is 18.1 Å². The third kappa shape index (κ3) is 4.52. The van der Waals surface area contributed by atoms with E-state index in [1.807, 2.05) is 58.2 Å². The molecule has 0 radical (unpaired) electrons. The Hall–Kier alpha value is -2.44. The lowest BCUT2D eigenvalue weighted by atomic mass is 9.85. The van der Waals surface area contributed by atoms with Gasteiger partial charge in [-0.1, -0.05) is 35.9 Å². The number of pyridine rings is 1. The molecule has 0 spiro atoms. The number of aryl methyl sites for hydroxylation is 1. The topological polar surface area (TPSA) is 80.8 Å². The average molecular weight is 455 g/mol. The van der Waals surface area contributed by atoms with Crippen LogP contribution in [0, 0.1) is 6.92 Å². The number of ether oxygens (including phenoxy) is 1. The molecule has 0 unspecified atom stereocenters. The van der Waals surface area contributed by atoms with Crippen LogP contribution in [0.1, 0.15) is 62.4 Å². The van der Waals surface area contributed by atoms with Crippen molar-refractivity contribution in [3.63, 3.8) is 0 Å². The van der Waals surface area contributed by atoms with Gasteiger partial charge in [0.1, 0.15) is 0 Å². The first kappa shape index (κ1) is 22.7. The zero-order chi connectivity index (χ0) is 23.1. The lowest BCUT2D eigenvalue weighted by Gasteiger charge is -2.44. The van der Waals surface area contributed by atoms with E-state index in [4.69, 9.17) is 27.1 Å². The van der Waals surface area contributed by atoms with E-state index in [-0.39, 0.29) is 29.9 Å². The number of hydrogen-bond donors (Lipinski definition) is 1. The summed E-state index contributed by atoms with van der Waals surface area (Å²) in [6.07, 6.45) is 4.23. The third-order valence-corrected chi connectivity index (χ3v) is 6.88. The number of aliphatic imine (C=N–C) groups is 1. The number of rotatable bonds is 4. The van der Waals surface area contributed by atoms with E-state index in [0.717, 1.165) is 35.2 Å². The van der Waals surface area contributed by atoms with Crippen molar-refractivity contribution in [2.24, 2.45) is 10.7 Å². The van der Waals surface area contributed by atoms with Gasteiger partial charge in [0, 0.05) is 36.0 Å². The number of amides is 1. The molecule has 2 aliphatic heterocycles. The quantitative estimate of drug-likeness (QED) is 0.744. The highest BCUT2D eigenvalue weighted by molar-refractivity contribution is 6.32. The maximum absolute atomic E-state index is 13.3. The van der Waals surface area contributed by atoms with E-state index >= 15 is 0 Å². The molecule has 4 rings (SSSR count). The van der Waals surface area contributed by atoms with Crippen LogP contribution >= 0.6 is 11.6 Å². The Bertz CT molecular complexity index is 1050. The van der Waals surface area contributed by atoms with Crippen molar-refractivity contribution in [2.45, 2.75) is 70.6 Å². The number of carbonyl (C=O) groups excluding carboxylic acids is 1. The van der Waals surface area contributed by atoms with Gasteiger partial charge >= 0.3 is 0 Å². The lowest BCUT2D eigenvalue weighted by molar-refractivity contribution is -0.136. The maximum Gasteiger partial charge on any atom is 0.232 e. The first-order valence-corrected chi connectivity index (χ1v) is 11.5. The van der Waals surface area contributed by atoms with E-state index in [1.165, 1.54) is 0 Å². The van der Waals surface area contributed by atoms with E-state index in [2.05, 4.69) is 11.1 Å². The minimum atomic E-state index is -0.809. The van der Waals surface area contributed by atoms with Crippen LogP contribution in [0.2, 0.25) is 5.02 Å². The van der Waals surface area contributed by atoms with Crippen LogP contribution in [0.15, 0.2) is 41.5 Å². The van der Waals surface area contributed by atoms with Crippen LogP contribution in [0.25, 0.3) is 0 Å². The van der Waals surface area contributed by atoms with Crippen molar-refractivity contribution in [1.29, 1.82) is 0 Å². The minimum Gasteiger partial charge on any atom is -0.375 e. The van der Waals surface area contributed by atoms with Crippen molar-refractivity contribution in [3.05, 3.63) is 63.9 Å². The van der Waals surface area contributed by atoms with Crippen LogP contribution in [0.3, 0.4) is 0 Å². The Morgan fingerprint density at radius 3 is 2.69 bits per heavy atom. The summed E-state index contributed by atoms with van der Waals surface area (Å²) in [5.41, 5.74) is 9.15. The fourth-order valence-electron chi connectivity index (χ4n) is 4.78. The van der Waals surface area contributed by atoms with Gasteiger partial charge in [-0.3, -0.25) is 14.7 Å². The van der Waals surface area contributed by atoms with Gasteiger partial charge in [-0.15, -0.1) is 0 Å². The van der Waals surface area contributed by atoms with Crippen LogP contribution in [-0.4, -0.2) is 40.0 Å². The summed E-state index contributed by atoms with van der Waals surface area (Å²) in [5.74, 6) is 0.238. The highest BCUT2D eigenvalue weighted by atomic mass is 35.5. The minimum absolute atomic E-state index is 0.00427. The number of nitrogens with two attached hydrogens (primary N) is 1. The standard InChI is InChI=1S/C25H31ClN4O2/c1-16-8-9-17(15-28-16)12-18-6-5-7-20(22(18)26)25(4)14-21(31)30(23(27)29-25)19-10-11-32-24(2,3)13-19/h5-9,15,19H,10-14H2,1-4H3,(H2,27,29)/t19-,25-/m0/s1. The molecule has 2 atom stereocenters.